The quantitative estimate of drug-likeness (QED) is 0.625. The van der Waals surface area contributed by atoms with E-state index in [1.54, 1.807) is 11.8 Å². The van der Waals surface area contributed by atoms with E-state index in [9.17, 15) is 4.79 Å². The maximum Gasteiger partial charge on any atom is 0.159 e. The summed E-state index contributed by atoms with van der Waals surface area (Å²) >= 11 is 0. The van der Waals surface area contributed by atoms with Crippen LogP contribution in [0.1, 0.15) is 43.0 Å². The van der Waals surface area contributed by atoms with Crippen LogP contribution in [-0.2, 0) is 0 Å². The molecule has 0 radical (unpaired) electrons. The fraction of sp³-hybridized carbons (Fsp3) is 0.562. The van der Waals surface area contributed by atoms with E-state index in [4.69, 9.17) is 4.74 Å². The van der Waals surface area contributed by atoms with Gasteiger partial charge in [-0.3, -0.25) is 4.79 Å². The summed E-state index contributed by atoms with van der Waals surface area (Å²) < 4.78 is 5.72. The van der Waals surface area contributed by atoms with Gasteiger partial charge in [0.1, 0.15) is 5.75 Å². The molecule has 1 saturated heterocycles. The minimum Gasteiger partial charge on any atom is -0.493 e. The maximum atomic E-state index is 11.3. The smallest absolute Gasteiger partial charge is 0.159 e. The highest BCUT2D eigenvalue weighted by atomic mass is 16.5. The molecule has 1 aliphatic rings. The molecule has 104 valence electrons. The Labute approximate surface area is 115 Å². The first kappa shape index (κ1) is 14.1. The summed E-state index contributed by atoms with van der Waals surface area (Å²) in [7, 11) is 0. The number of hydrogen-bond donors (Lipinski definition) is 1. The van der Waals surface area contributed by atoms with Crippen molar-refractivity contribution in [1.82, 2.24) is 0 Å². The van der Waals surface area contributed by atoms with Crippen molar-refractivity contribution in [2.24, 2.45) is 0 Å². The van der Waals surface area contributed by atoms with E-state index in [2.05, 4.69) is 0 Å². The molecule has 1 aromatic carbocycles. The Hall–Kier alpha value is -1.35. The number of likely N-dealkylation sites (tertiary alicyclic amines) is 1. The van der Waals surface area contributed by atoms with Crippen molar-refractivity contribution >= 4 is 5.78 Å². The third kappa shape index (κ3) is 4.67. The van der Waals surface area contributed by atoms with Gasteiger partial charge in [-0.2, -0.15) is 0 Å². The summed E-state index contributed by atoms with van der Waals surface area (Å²) in [6.45, 7) is 6.16. The number of nitrogens with one attached hydrogen (secondary N) is 1. The molecule has 3 heteroatoms. The van der Waals surface area contributed by atoms with Crippen molar-refractivity contribution in [2.75, 3.05) is 26.2 Å². The molecule has 0 unspecified atom stereocenters. The second-order valence-corrected chi connectivity index (χ2v) is 5.35. The van der Waals surface area contributed by atoms with Gasteiger partial charge in [0, 0.05) is 12.0 Å². The molecule has 0 atom stereocenters. The van der Waals surface area contributed by atoms with Crippen LogP contribution in [0.5, 0.6) is 5.75 Å². The highest BCUT2D eigenvalue weighted by Gasteiger charge is 2.12. The van der Waals surface area contributed by atoms with Crippen LogP contribution in [0.4, 0.5) is 0 Å². The molecule has 0 aromatic heterocycles. The van der Waals surface area contributed by atoms with E-state index in [1.165, 1.54) is 38.9 Å². The van der Waals surface area contributed by atoms with E-state index >= 15 is 0 Å². The summed E-state index contributed by atoms with van der Waals surface area (Å²) in [4.78, 5) is 13.0. The van der Waals surface area contributed by atoms with Gasteiger partial charge in [0.15, 0.2) is 5.78 Å². The Morgan fingerprint density at radius 1 is 1.26 bits per heavy atom. The monoisotopic (exact) mass is 262 g/mol. The van der Waals surface area contributed by atoms with Crippen LogP contribution in [-0.4, -0.2) is 32.0 Å². The number of rotatable bonds is 6. The summed E-state index contributed by atoms with van der Waals surface area (Å²) in [5.74, 6) is 0.893. The average molecular weight is 262 g/mol. The second kappa shape index (κ2) is 7.29. The predicted molar refractivity (Wildman–Crippen MR) is 76.0 cm³/mol. The normalized spacial score (nSPS) is 16.3. The molecule has 0 aliphatic carbocycles. The molecular weight excluding hydrogens is 238 g/mol. The lowest BCUT2D eigenvalue weighted by Gasteiger charge is -2.23. The predicted octanol–water partition coefficient (Wildman–Crippen LogP) is 1.73. The number of piperidine rings is 1. The number of carbonyl (C=O) groups excluding carboxylic acids is 1. The molecule has 1 aromatic rings. The molecular formula is C16H24NO2+. The number of benzene rings is 1. The van der Waals surface area contributed by atoms with Crippen LogP contribution >= 0.6 is 0 Å². The van der Waals surface area contributed by atoms with Crippen molar-refractivity contribution in [3.63, 3.8) is 0 Å². The molecule has 2 rings (SSSR count). The first-order valence-corrected chi connectivity index (χ1v) is 7.33. The lowest BCUT2D eigenvalue weighted by molar-refractivity contribution is -0.905. The molecule has 1 N–H and O–H groups in total. The van der Waals surface area contributed by atoms with Crippen molar-refractivity contribution in [3.8, 4) is 5.75 Å². The standard InChI is InChI=1S/C16H23NO2/c1-14(18)15-7-5-8-16(13-15)19-12-6-11-17-9-3-2-4-10-17/h5,7-8,13H,2-4,6,9-12H2,1H3/p+1. The van der Waals surface area contributed by atoms with Crippen LogP contribution in [0.15, 0.2) is 24.3 Å². The minimum absolute atomic E-state index is 0.0863. The number of quaternary nitrogens is 1. The lowest BCUT2D eigenvalue weighted by Crippen LogP contribution is -3.12. The zero-order chi connectivity index (χ0) is 13.5. The summed E-state index contributed by atoms with van der Waals surface area (Å²) in [5.41, 5.74) is 0.721. The van der Waals surface area contributed by atoms with Crippen molar-refractivity contribution in [2.45, 2.75) is 32.6 Å². The van der Waals surface area contributed by atoms with Gasteiger partial charge in [0.05, 0.1) is 26.2 Å². The van der Waals surface area contributed by atoms with Crippen LogP contribution in [0.25, 0.3) is 0 Å². The van der Waals surface area contributed by atoms with Gasteiger partial charge in [-0.05, 0) is 38.3 Å². The van der Waals surface area contributed by atoms with Crippen molar-refractivity contribution in [1.29, 1.82) is 0 Å². The first-order valence-electron chi connectivity index (χ1n) is 7.33. The van der Waals surface area contributed by atoms with Crippen molar-refractivity contribution < 1.29 is 14.4 Å². The Balaban J connectivity index is 1.70. The van der Waals surface area contributed by atoms with E-state index in [0.29, 0.717) is 0 Å². The molecule has 19 heavy (non-hydrogen) atoms. The molecule has 1 fully saturated rings. The van der Waals surface area contributed by atoms with Gasteiger partial charge in [-0.25, -0.2) is 0 Å². The van der Waals surface area contributed by atoms with Crippen LogP contribution in [0.3, 0.4) is 0 Å². The molecule has 0 saturated carbocycles. The molecule has 1 heterocycles. The molecule has 3 nitrogen and oxygen atoms in total. The second-order valence-electron chi connectivity index (χ2n) is 5.35. The first-order chi connectivity index (χ1) is 9.25. The van der Waals surface area contributed by atoms with Crippen molar-refractivity contribution in [3.05, 3.63) is 29.8 Å². The van der Waals surface area contributed by atoms with Gasteiger partial charge in [-0.15, -0.1) is 0 Å². The molecule has 0 amide bonds. The van der Waals surface area contributed by atoms with Gasteiger partial charge >= 0.3 is 0 Å². The number of Topliss-reactive ketones (excluding diaryl/α,β-unsaturated/α-hetero) is 1. The maximum absolute atomic E-state index is 11.3. The van der Waals surface area contributed by atoms with E-state index in [-0.39, 0.29) is 5.78 Å². The Morgan fingerprint density at radius 2 is 2.05 bits per heavy atom. The van der Waals surface area contributed by atoms with Crippen LogP contribution in [0.2, 0.25) is 0 Å². The zero-order valence-electron chi connectivity index (χ0n) is 11.8. The third-order valence-electron chi connectivity index (χ3n) is 3.74. The molecule has 0 bridgehead atoms. The Kier molecular flexibility index (Phi) is 5.40. The minimum atomic E-state index is 0.0863. The van der Waals surface area contributed by atoms with Crippen LogP contribution < -0.4 is 9.64 Å². The molecule has 1 aliphatic heterocycles. The Morgan fingerprint density at radius 3 is 2.79 bits per heavy atom. The van der Waals surface area contributed by atoms with Gasteiger partial charge in [0.2, 0.25) is 0 Å². The van der Waals surface area contributed by atoms with E-state index in [0.717, 1.165) is 24.3 Å². The molecule has 0 spiro atoms. The van der Waals surface area contributed by atoms with E-state index in [1.807, 2.05) is 24.3 Å². The summed E-state index contributed by atoms with van der Waals surface area (Å²) in [5, 5.41) is 0. The zero-order valence-corrected chi connectivity index (χ0v) is 11.8. The van der Waals surface area contributed by atoms with Gasteiger partial charge < -0.3 is 9.64 Å². The third-order valence-corrected chi connectivity index (χ3v) is 3.74. The topological polar surface area (TPSA) is 30.7 Å². The van der Waals surface area contributed by atoms with E-state index < -0.39 is 0 Å². The van der Waals surface area contributed by atoms with Gasteiger partial charge in [-0.1, -0.05) is 12.1 Å². The fourth-order valence-corrected chi connectivity index (χ4v) is 2.62. The van der Waals surface area contributed by atoms with Crippen LogP contribution in [0, 0.1) is 0 Å². The largest absolute Gasteiger partial charge is 0.493 e. The number of ketones is 1. The highest BCUT2D eigenvalue weighted by Crippen LogP contribution is 2.13. The number of hydrogen-bond acceptors (Lipinski definition) is 2. The summed E-state index contributed by atoms with van der Waals surface area (Å²) in [6, 6.07) is 7.45. The highest BCUT2D eigenvalue weighted by molar-refractivity contribution is 5.94. The van der Waals surface area contributed by atoms with Gasteiger partial charge in [0.25, 0.3) is 0 Å². The number of carbonyl (C=O) groups is 1. The average Bonchev–Trinajstić information content (AvgIpc) is 2.45. The lowest BCUT2D eigenvalue weighted by atomic mass is 10.1. The number of ether oxygens (including phenoxy) is 1. The SMILES string of the molecule is CC(=O)c1cccc(OCCC[NH+]2CCCCC2)c1. The Bertz CT molecular complexity index is 411. The summed E-state index contributed by atoms with van der Waals surface area (Å²) in [6.07, 6.45) is 5.23. The fourth-order valence-electron chi connectivity index (χ4n) is 2.62.